The number of nitrogens with two attached hydrogens (primary N) is 1. The number of aliphatic carboxylic acids is 1. The number of aromatic nitrogens is 2. The van der Waals surface area contributed by atoms with Gasteiger partial charge in [0.1, 0.15) is 11.6 Å². The number of H-pyrrole nitrogens is 1. The maximum Gasteiger partial charge on any atom is 0.310 e. The quantitative estimate of drug-likeness (QED) is 0.303. The maximum absolute atomic E-state index is 13.6. The van der Waals surface area contributed by atoms with Crippen molar-refractivity contribution >= 4 is 17.4 Å². The molecule has 2 aromatic rings. The fraction of sp³-hybridized carbons (Fsp3) is 0.756. The van der Waals surface area contributed by atoms with E-state index in [4.69, 9.17) is 15.2 Å². The molecule has 4 fully saturated rings. The molecule has 6 aliphatic rings. The van der Waals surface area contributed by atoms with Crippen LogP contribution >= 0.6 is 0 Å². The Morgan fingerprint density at radius 1 is 1.02 bits per heavy atom. The van der Waals surface area contributed by atoms with Gasteiger partial charge in [0.15, 0.2) is 0 Å². The fourth-order valence-corrected chi connectivity index (χ4v) is 13.5. The molecule has 7 atom stereocenters. The van der Waals surface area contributed by atoms with Gasteiger partial charge in [-0.25, -0.2) is 0 Å². The zero-order valence-corrected chi connectivity index (χ0v) is 30.7. The summed E-state index contributed by atoms with van der Waals surface area (Å²) in [5.74, 6) is 2.17. The number of fused-ring (bicyclic) bond motifs is 8. The highest BCUT2D eigenvalue weighted by atomic mass is 16.4. The predicted octanol–water partition coefficient (Wildman–Crippen LogP) is 9.00. The van der Waals surface area contributed by atoms with Gasteiger partial charge in [0.05, 0.1) is 23.9 Å². The molecule has 0 spiro atoms. The molecular formula is C41H60N4O3. The molecule has 0 radical (unpaired) electrons. The molecule has 8 rings (SSSR count). The van der Waals surface area contributed by atoms with Crippen LogP contribution in [0.2, 0.25) is 0 Å². The van der Waals surface area contributed by atoms with Gasteiger partial charge in [0.2, 0.25) is 0 Å². The molecule has 3 saturated carbocycles. The van der Waals surface area contributed by atoms with Crippen LogP contribution < -0.4 is 5.73 Å². The fourth-order valence-electron chi connectivity index (χ4n) is 13.5. The summed E-state index contributed by atoms with van der Waals surface area (Å²) in [7, 11) is 0. The molecule has 0 bridgehead atoms. The van der Waals surface area contributed by atoms with E-state index in [9.17, 15) is 9.90 Å². The number of aromatic amines is 1. The summed E-state index contributed by atoms with van der Waals surface area (Å²) in [6, 6.07) is 2.25. The van der Waals surface area contributed by atoms with Crippen molar-refractivity contribution in [3.63, 3.8) is 0 Å². The lowest BCUT2D eigenvalue weighted by Crippen LogP contribution is -2.65. The standard InChI is InChI=1S/C41H60N4O3/c1-36(2)14-16-41(35(46)47)17-15-40(7)32(28(41)23-36)26(25-12-20-48-29(25)24-45-18-9-8-10-19-45)21-31-38(5)22-27-33(43-44-34(27)42)37(3,4)30(38)11-13-39(31,40)6/h12,20,28,30-31H,8-11,13-19,21-24H2,1-7H3,(H,46,47)(H3,42,43,44)/t28-,30-,31?,38-,39+,40+,41-/m0/s1. The van der Waals surface area contributed by atoms with E-state index in [1.807, 2.05) is 6.26 Å². The molecular weight excluding hydrogens is 596 g/mol. The van der Waals surface area contributed by atoms with Crippen molar-refractivity contribution in [3.05, 3.63) is 40.5 Å². The summed E-state index contributed by atoms with van der Waals surface area (Å²) in [6.07, 6.45) is 14.3. The molecule has 262 valence electrons. The lowest BCUT2D eigenvalue weighted by Gasteiger charge is -2.71. The third-order valence-electron chi connectivity index (χ3n) is 16.2. The van der Waals surface area contributed by atoms with E-state index >= 15 is 0 Å². The van der Waals surface area contributed by atoms with E-state index < -0.39 is 11.4 Å². The van der Waals surface area contributed by atoms with E-state index in [2.05, 4.69) is 64.5 Å². The van der Waals surface area contributed by atoms with Crippen molar-refractivity contribution in [1.29, 1.82) is 0 Å². The smallest absolute Gasteiger partial charge is 0.310 e. The first-order valence-corrected chi connectivity index (χ1v) is 19.2. The second kappa shape index (κ2) is 10.5. The summed E-state index contributed by atoms with van der Waals surface area (Å²) < 4.78 is 6.44. The Morgan fingerprint density at radius 2 is 1.75 bits per heavy atom. The van der Waals surface area contributed by atoms with Gasteiger partial charge in [-0.15, -0.1) is 0 Å². The van der Waals surface area contributed by atoms with Crippen molar-refractivity contribution in [3.8, 4) is 0 Å². The SMILES string of the molecule is CC1(C)CC[C@]2(C(=O)O)CC[C@]3(C)C(=C(c4ccoc4CN4CCCCC4)CC4[C@@]5(C)Cc6c(n[nH]c6N)C(C)(C)[C@@H]5CC[C@]43C)[C@@H]2C1. The highest BCUT2D eigenvalue weighted by molar-refractivity contribution is 5.80. The summed E-state index contributed by atoms with van der Waals surface area (Å²) in [4.78, 5) is 16.1. The van der Waals surface area contributed by atoms with Crippen LogP contribution in [0.25, 0.3) is 5.57 Å². The van der Waals surface area contributed by atoms with Crippen molar-refractivity contribution in [2.24, 2.45) is 44.8 Å². The van der Waals surface area contributed by atoms with Crippen LogP contribution in [0.4, 0.5) is 5.82 Å². The number of allylic oxidation sites excluding steroid dienone is 2. The topological polar surface area (TPSA) is 108 Å². The number of furan rings is 1. The molecule has 5 aliphatic carbocycles. The Labute approximate surface area is 287 Å². The van der Waals surface area contributed by atoms with E-state index in [0.717, 1.165) is 94.7 Å². The number of nitrogens with zero attached hydrogens (tertiary/aromatic N) is 2. The van der Waals surface area contributed by atoms with E-state index in [-0.39, 0.29) is 33.0 Å². The van der Waals surface area contributed by atoms with E-state index in [1.54, 1.807) is 0 Å². The van der Waals surface area contributed by atoms with Gasteiger partial charge in [-0.3, -0.25) is 14.8 Å². The molecule has 4 N–H and O–H groups in total. The number of rotatable bonds is 4. The van der Waals surface area contributed by atoms with E-state index in [1.165, 1.54) is 41.5 Å². The Bertz CT molecular complexity index is 1660. The van der Waals surface area contributed by atoms with Crippen LogP contribution in [0.5, 0.6) is 0 Å². The Hall–Kier alpha value is -2.54. The zero-order chi connectivity index (χ0) is 34.1. The van der Waals surface area contributed by atoms with Crippen molar-refractivity contribution in [2.45, 2.75) is 137 Å². The van der Waals surface area contributed by atoms with Crippen LogP contribution in [-0.4, -0.2) is 39.3 Å². The first kappa shape index (κ1) is 32.7. The summed E-state index contributed by atoms with van der Waals surface area (Å²) in [5.41, 5.74) is 12.5. The van der Waals surface area contributed by atoms with Gasteiger partial charge in [-0.1, -0.05) is 60.5 Å². The average Bonchev–Trinajstić information content (AvgIpc) is 3.63. The third-order valence-corrected chi connectivity index (χ3v) is 16.2. The van der Waals surface area contributed by atoms with Crippen molar-refractivity contribution in [1.82, 2.24) is 15.1 Å². The molecule has 0 amide bonds. The minimum absolute atomic E-state index is 0.0191. The molecule has 1 saturated heterocycles. The Balaban J connectivity index is 1.35. The Kier molecular flexibility index (Phi) is 7.14. The van der Waals surface area contributed by atoms with Crippen LogP contribution in [0, 0.1) is 44.8 Å². The molecule has 1 aliphatic heterocycles. The number of nitrogen functional groups attached to an aromatic ring is 1. The van der Waals surface area contributed by atoms with Crippen LogP contribution in [-0.2, 0) is 23.2 Å². The van der Waals surface area contributed by atoms with Gasteiger partial charge in [-0.2, -0.15) is 5.10 Å². The third kappa shape index (κ3) is 4.27. The molecule has 7 nitrogen and oxygen atoms in total. The first-order chi connectivity index (χ1) is 22.6. The minimum Gasteiger partial charge on any atom is -0.481 e. The number of piperidine rings is 1. The minimum atomic E-state index is -0.691. The second-order valence-electron chi connectivity index (χ2n) is 19.3. The highest BCUT2D eigenvalue weighted by Crippen LogP contribution is 2.77. The number of likely N-dealkylation sites (tertiary alicyclic amines) is 1. The molecule has 3 heterocycles. The number of carboxylic acids is 1. The molecule has 1 unspecified atom stereocenters. The lowest BCUT2D eigenvalue weighted by molar-refractivity contribution is -0.175. The zero-order valence-electron chi connectivity index (χ0n) is 30.7. The molecule has 48 heavy (non-hydrogen) atoms. The van der Waals surface area contributed by atoms with Gasteiger partial charge in [0, 0.05) is 16.5 Å². The number of carboxylic acid groups (broad SMARTS) is 1. The number of hydrogen-bond acceptors (Lipinski definition) is 5. The first-order valence-electron chi connectivity index (χ1n) is 19.2. The monoisotopic (exact) mass is 656 g/mol. The lowest BCUT2D eigenvalue weighted by atomic mass is 9.33. The van der Waals surface area contributed by atoms with Crippen molar-refractivity contribution < 1.29 is 14.3 Å². The van der Waals surface area contributed by atoms with Crippen LogP contribution in [0.15, 0.2) is 22.3 Å². The molecule has 2 aromatic heterocycles. The number of hydrogen-bond donors (Lipinski definition) is 3. The largest absolute Gasteiger partial charge is 0.481 e. The van der Waals surface area contributed by atoms with Crippen LogP contribution in [0.1, 0.15) is 142 Å². The number of carbonyl (C=O) groups is 1. The molecule has 7 heteroatoms. The Morgan fingerprint density at radius 3 is 2.48 bits per heavy atom. The summed E-state index contributed by atoms with van der Waals surface area (Å²) in [6.45, 7) is 20.4. The van der Waals surface area contributed by atoms with Gasteiger partial charge < -0.3 is 15.3 Å². The van der Waals surface area contributed by atoms with Gasteiger partial charge in [-0.05, 0) is 135 Å². The maximum atomic E-state index is 13.6. The highest BCUT2D eigenvalue weighted by Gasteiger charge is 2.70. The number of anilines is 1. The average molecular weight is 657 g/mol. The predicted molar refractivity (Wildman–Crippen MR) is 190 cm³/mol. The van der Waals surface area contributed by atoms with Crippen LogP contribution in [0.3, 0.4) is 0 Å². The van der Waals surface area contributed by atoms with E-state index in [0.29, 0.717) is 11.8 Å². The normalized spacial score (nSPS) is 40.3. The van der Waals surface area contributed by atoms with Gasteiger partial charge >= 0.3 is 5.97 Å². The van der Waals surface area contributed by atoms with Crippen molar-refractivity contribution in [2.75, 3.05) is 18.8 Å². The summed E-state index contributed by atoms with van der Waals surface area (Å²) >= 11 is 0. The second-order valence-corrected chi connectivity index (χ2v) is 19.3. The molecule has 0 aromatic carbocycles. The summed E-state index contributed by atoms with van der Waals surface area (Å²) in [5, 5.41) is 19.1. The number of nitrogens with one attached hydrogen (secondary N) is 1. The van der Waals surface area contributed by atoms with Gasteiger partial charge in [0.25, 0.3) is 0 Å².